The van der Waals surface area contributed by atoms with Crippen LogP contribution in [0.15, 0.2) is 30.3 Å². The summed E-state index contributed by atoms with van der Waals surface area (Å²) in [7, 11) is 0. The van der Waals surface area contributed by atoms with E-state index in [1.165, 1.54) is 5.56 Å². The first-order chi connectivity index (χ1) is 7.29. The smallest absolute Gasteiger partial charge is 0.102 e. The quantitative estimate of drug-likeness (QED) is 0.788. The van der Waals surface area contributed by atoms with Crippen LogP contribution < -0.4 is 0 Å². The molecular formula is C12H14N2O. The van der Waals surface area contributed by atoms with Crippen molar-refractivity contribution in [2.75, 3.05) is 13.1 Å². The number of β-amino-alcohol motifs (C(OH)–C–C–N with tert-alkyl or cyclic N) is 1. The van der Waals surface area contributed by atoms with Gasteiger partial charge in [-0.25, -0.2) is 0 Å². The highest BCUT2D eigenvalue weighted by Crippen LogP contribution is 2.15. The standard InChI is InChI=1S/C12H14N2O/c13-7-11(14-8-12(15)9-14)6-10-4-2-1-3-5-10/h1-5,11-12,15H,6,8-9H2/t11-/m0/s1. The van der Waals surface area contributed by atoms with Gasteiger partial charge in [0.2, 0.25) is 0 Å². The summed E-state index contributed by atoms with van der Waals surface area (Å²) in [5.41, 5.74) is 1.17. The Kier molecular flexibility index (Phi) is 3.00. The Morgan fingerprint density at radius 2 is 2.07 bits per heavy atom. The molecular weight excluding hydrogens is 188 g/mol. The first-order valence-corrected chi connectivity index (χ1v) is 5.15. The van der Waals surface area contributed by atoms with Crippen molar-refractivity contribution in [3.63, 3.8) is 0 Å². The Balaban J connectivity index is 1.95. The van der Waals surface area contributed by atoms with E-state index in [4.69, 9.17) is 5.26 Å². The molecule has 3 heteroatoms. The lowest BCUT2D eigenvalue weighted by atomic mass is 10.0. The fraction of sp³-hybridized carbons (Fsp3) is 0.417. The molecule has 3 nitrogen and oxygen atoms in total. The molecule has 1 N–H and O–H groups in total. The molecule has 0 bridgehead atoms. The van der Waals surface area contributed by atoms with Crippen molar-refractivity contribution < 1.29 is 5.11 Å². The zero-order valence-corrected chi connectivity index (χ0v) is 8.50. The van der Waals surface area contributed by atoms with Gasteiger partial charge in [0.05, 0.1) is 12.2 Å². The number of nitrogens with zero attached hydrogens (tertiary/aromatic N) is 2. The average molecular weight is 202 g/mol. The first-order valence-electron chi connectivity index (χ1n) is 5.15. The van der Waals surface area contributed by atoms with Gasteiger partial charge in [-0.2, -0.15) is 5.26 Å². The van der Waals surface area contributed by atoms with Crippen LogP contribution in [0.25, 0.3) is 0 Å². The molecule has 0 radical (unpaired) electrons. The van der Waals surface area contributed by atoms with E-state index in [1.54, 1.807) is 0 Å². The number of likely N-dealkylation sites (tertiary alicyclic amines) is 1. The lowest BCUT2D eigenvalue weighted by Gasteiger charge is -2.38. The van der Waals surface area contributed by atoms with Gasteiger partial charge in [-0.15, -0.1) is 0 Å². The molecule has 0 amide bonds. The Hall–Kier alpha value is -1.37. The second kappa shape index (κ2) is 4.43. The highest BCUT2D eigenvalue weighted by Gasteiger charge is 2.30. The molecule has 1 saturated heterocycles. The highest BCUT2D eigenvalue weighted by atomic mass is 16.3. The summed E-state index contributed by atoms with van der Waals surface area (Å²) < 4.78 is 0. The first kappa shape index (κ1) is 10.2. The van der Waals surface area contributed by atoms with Crippen molar-refractivity contribution in [3.05, 3.63) is 35.9 Å². The molecule has 1 heterocycles. The number of aliphatic hydroxyl groups excluding tert-OH is 1. The van der Waals surface area contributed by atoms with Crippen molar-refractivity contribution in [2.24, 2.45) is 0 Å². The van der Waals surface area contributed by atoms with Crippen LogP contribution >= 0.6 is 0 Å². The molecule has 1 fully saturated rings. The Labute approximate surface area is 89.6 Å². The molecule has 15 heavy (non-hydrogen) atoms. The molecule has 0 aliphatic carbocycles. The summed E-state index contributed by atoms with van der Waals surface area (Å²) in [4.78, 5) is 2.01. The fourth-order valence-corrected chi connectivity index (χ4v) is 1.84. The van der Waals surface area contributed by atoms with Crippen LogP contribution in [0.4, 0.5) is 0 Å². The largest absolute Gasteiger partial charge is 0.390 e. The van der Waals surface area contributed by atoms with Crippen LogP contribution in [0.1, 0.15) is 5.56 Å². The zero-order chi connectivity index (χ0) is 10.7. The fourth-order valence-electron chi connectivity index (χ4n) is 1.84. The van der Waals surface area contributed by atoms with Crippen LogP contribution in [-0.2, 0) is 6.42 Å². The van der Waals surface area contributed by atoms with E-state index in [9.17, 15) is 5.11 Å². The maximum atomic E-state index is 9.18. The Morgan fingerprint density at radius 1 is 1.40 bits per heavy atom. The molecule has 2 rings (SSSR count). The summed E-state index contributed by atoms with van der Waals surface area (Å²) in [6.45, 7) is 1.26. The molecule has 0 unspecified atom stereocenters. The van der Waals surface area contributed by atoms with Gasteiger partial charge >= 0.3 is 0 Å². The zero-order valence-electron chi connectivity index (χ0n) is 8.50. The SMILES string of the molecule is N#C[C@H](Cc1ccccc1)N1CC(O)C1. The normalized spacial score (nSPS) is 19.2. The number of hydrogen-bond donors (Lipinski definition) is 1. The molecule has 1 aliphatic rings. The van der Waals surface area contributed by atoms with E-state index in [1.807, 2.05) is 35.2 Å². The number of aliphatic hydroxyl groups is 1. The van der Waals surface area contributed by atoms with Crippen LogP contribution in [0, 0.1) is 11.3 Å². The minimum Gasteiger partial charge on any atom is -0.390 e. The third-order valence-corrected chi connectivity index (χ3v) is 2.75. The Bertz CT molecular complexity index is 352. The van der Waals surface area contributed by atoms with Crippen LogP contribution in [0.5, 0.6) is 0 Å². The molecule has 1 aromatic rings. The number of rotatable bonds is 3. The highest BCUT2D eigenvalue weighted by molar-refractivity contribution is 5.18. The molecule has 1 aromatic carbocycles. The van der Waals surface area contributed by atoms with Crippen molar-refractivity contribution >= 4 is 0 Å². The van der Waals surface area contributed by atoms with Gasteiger partial charge < -0.3 is 5.11 Å². The van der Waals surface area contributed by atoms with Crippen molar-refractivity contribution in [2.45, 2.75) is 18.6 Å². The van der Waals surface area contributed by atoms with Crippen LogP contribution in [0.3, 0.4) is 0 Å². The van der Waals surface area contributed by atoms with Crippen LogP contribution in [-0.4, -0.2) is 35.2 Å². The summed E-state index contributed by atoms with van der Waals surface area (Å²) >= 11 is 0. The minimum atomic E-state index is -0.239. The predicted octanol–water partition coefficient (Wildman–Crippen LogP) is 0.798. The number of benzene rings is 1. The molecule has 78 valence electrons. The van der Waals surface area contributed by atoms with Gasteiger partial charge in [0, 0.05) is 19.5 Å². The summed E-state index contributed by atoms with van der Waals surface area (Å²) in [6, 6.07) is 12.2. The monoisotopic (exact) mass is 202 g/mol. The third kappa shape index (κ3) is 2.35. The minimum absolute atomic E-state index is 0.101. The van der Waals surface area contributed by atoms with Gasteiger partial charge in [-0.1, -0.05) is 30.3 Å². The van der Waals surface area contributed by atoms with Gasteiger partial charge in [0.1, 0.15) is 6.04 Å². The molecule has 1 atom stereocenters. The van der Waals surface area contributed by atoms with Gasteiger partial charge in [-0.05, 0) is 5.56 Å². The molecule has 0 spiro atoms. The predicted molar refractivity (Wildman–Crippen MR) is 57.1 cm³/mol. The summed E-state index contributed by atoms with van der Waals surface area (Å²) in [6.07, 6.45) is 0.501. The second-order valence-electron chi connectivity index (χ2n) is 3.94. The summed E-state index contributed by atoms with van der Waals surface area (Å²) in [5.74, 6) is 0. The lowest BCUT2D eigenvalue weighted by Crippen LogP contribution is -2.55. The average Bonchev–Trinajstić information content (AvgIpc) is 2.23. The molecule has 0 aromatic heterocycles. The van der Waals surface area contributed by atoms with Crippen molar-refractivity contribution in [1.29, 1.82) is 5.26 Å². The maximum absolute atomic E-state index is 9.18. The second-order valence-corrected chi connectivity index (χ2v) is 3.94. The van der Waals surface area contributed by atoms with E-state index >= 15 is 0 Å². The number of nitriles is 1. The third-order valence-electron chi connectivity index (χ3n) is 2.75. The number of hydrogen-bond acceptors (Lipinski definition) is 3. The van der Waals surface area contributed by atoms with E-state index in [0.717, 1.165) is 6.42 Å². The molecule has 0 saturated carbocycles. The van der Waals surface area contributed by atoms with E-state index in [2.05, 4.69) is 6.07 Å². The molecule has 1 aliphatic heterocycles. The van der Waals surface area contributed by atoms with Gasteiger partial charge in [0.15, 0.2) is 0 Å². The lowest BCUT2D eigenvalue weighted by molar-refractivity contribution is -0.0119. The van der Waals surface area contributed by atoms with Gasteiger partial charge in [-0.3, -0.25) is 4.90 Å². The van der Waals surface area contributed by atoms with Gasteiger partial charge in [0.25, 0.3) is 0 Å². The van der Waals surface area contributed by atoms with E-state index < -0.39 is 0 Å². The topological polar surface area (TPSA) is 47.3 Å². The van der Waals surface area contributed by atoms with Crippen molar-refractivity contribution in [1.82, 2.24) is 4.90 Å². The van der Waals surface area contributed by atoms with Crippen LogP contribution in [0.2, 0.25) is 0 Å². The van der Waals surface area contributed by atoms with E-state index in [0.29, 0.717) is 13.1 Å². The maximum Gasteiger partial charge on any atom is 0.102 e. The van der Waals surface area contributed by atoms with Crippen molar-refractivity contribution in [3.8, 4) is 6.07 Å². The van der Waals surface area contributed by atoms with E-state index in [-0.39, 0.29) is 12.1 Å². The Morgan fingerprint density at radius 3 is 2.60 bits per heavy atom. The summed E-state index contributed by atoms with van der Waals surface area (Å²) in [5, 5.41) is 18.2.